The van der Waals surface area contributed by atoms with E-state index in [9.17, 15) is 18.7 Å². The van der Waals surface area contributed by atoms with Gasteiger partial charge in [-0.1, -0.05) is 31.0 Å². The van der Waals surface area contributed by atoms with Crippen LogP contribution in [0, 0.1) is 0 Å². The molecule has 0 spiro atoms. The van der Waals surface area contributed by atoms with E-state index in [4.69, 9.17) is 4.42 Å². The average Bonchev–Trinajstić information content (AvgIpc) is 2.83. The van der Waals surface area contributed by atoms with Crippen molar-refractivity contribution < 1.29 is 23.1 Å². The van der Waals surface area contributed by atoms with Gasteiger partial charge in [0.25, 0.3) is 11.7 Å². The molecule has 0 radical (unpaired) electrons. The third kappa shape index (κ3) is 5.00. The standard InChI is InChI=1S/C14H19F2NO3S/c15-14(16)21-8-9-6-7-12(20-9)13(19)17-10-4-2-1-3-5-11(10)18/h6-7,10-11,14,18H,1-5,8H2,(H,17,19). The SMILES string of the molecule is O=C(NC1CCCCCC1O)c1ccc(CSC(F)F)o1. The molecule has 1 fully saturated rings. The molecule has 21 heavy (non-hydrogen) atoms. The van der Waals surface area contributed by atoms with Gasteiger partial charge in [0, 0.05) is 0 Å². The molecule has 1 heterocycles. The molecule has 1 saturated carbocycles. The summed E-state index contributed by atoms with van der Waals surface area (Å²) in [5, 5.41) is 12.7. The van der Waals surface area contributed by atoms with Crippen molar-refractivity contribution in [3.05, 3.63) is 23.7 Å². The smallest absolute Gasteiger partial charge is 0.287 e. The van der Waals surface area contributed by atoms with Crippen molar-refractivity contribution in [3.63, 3.8) is 0 Å². The van der Waals surface area contributed by atoms with E-state index in [-0.39, 0.29) is 17.6 Å². The highest BCUT2D eigenvalue weighted by molar-refractivity contribution is 7.98. The predicted octanol–water partition coefficient (Wildman–Crippen LogP) is 3.16. The number of aliphatic hydroxyl groups excluding tert-OH is 1. The second-order valence-corrected chi connectivity index (χ2v) is 6.10. The van der Waals surface area contributed by atoms with Crippen molar-refractivity contribution in [1.29, 1.82) is 0 Å². The zero-order valence-corrected chi connectivity index (χ0v) is 12.4. The van der Waals surface area contributed by atoms with Crippen molar-refractivity contribution in [2.45, 2.75) is 55.8 Å². The summed E-state index contributed by atoms with van der Waals surface area (Å²) in [5.74, 6) is -2.41. The molecule has 1 aliphatic rings. The first kappa shape index (κ1) is 16.3. The van der Waals surface area contributed by atoms with Gasteiger partial charge in [-0.3, -0.25) is 4.79 Å². The summed E-state index contributed by atoms with van der Waals surface area (Å²) in [6.45, 7) is 0. The first-order valence-electron chi connectivity index (χ1n) is 7.03. The number of rotatable bonds is 5. The topological polar surface area (TPSA) is 62.5 Å². The van der Waals surface area contributed by atoms with Gasteiger partial charge in [-0.15, -0.1) is 0 Å². The third-order valence-corrected chi connectivity index (χ3v) is 4.24. The van der Waals surface area contributed by atoms with Gasteiger partial charge < -0.3 is 14.8 Å². The highest BCUT2D eigenvalue weighted by Crippen LogP contribution is 2.22. The third-order valence-electron chi connectivity index (χ3n) is 3.53. The molecule has 0 aliphatic heterocycles. The number of hydrogen-bond donors (Lipinski definition) is 2. The minimum absolute atomic E-state index is 0.0248. The number of alkyl halides is 2. The van der Waals surface area contributed by atoms with Gasteiger partial charge in [-0.25, -0.2) is 0 Å². The fraction of sp³-hybridized carbons (Fsp3) is 0.643. The van der Waals surface area contributed by atoms with Crippen LogP contribution in [0.15, 0.2) is 16.5 Å². The Bertz CT molecular complexity index is 467. The lowest BCUT2D eigenvalue weighted by molar-refractivity contribution is 0.0793. The Kier molecular flexibility index (Phi) is 6.05. The molecule has 1 aliphatic carbocycles. The molecule has 2 atom stereocenters. The van der Waals surface area contributed by atoms with Gasteiger partial charge >= 0.3 is 0 Å². The van der Waals surface area contributed by atoms with Gasteiger partial charge in [0.15, 0.2) is 5.76 Å². The summed E-state index contributed by atoms with van der Waals surface area (Å²) in [4.78, 5) is 12.1. The van der Waals surface area contributed by atoms with Crippen LogP contribution in [0.4, 0.5) is 8.78 Å². The van der Waals surface area contributed by atoms with Gasteiger partial charge in [0.1, 0.15) is 5.76 Å². The summed E-state index contributed by atoms with van der Waals surface area (Å²) in [7, 11) is 0. The lowest BCUT2D eigenvalue weighted by atomic mass is 10.1. The van der Waals surface area contributed by atoms with E-state index in [1.165, 1.54) is 12.1 Å². The molecule has 4 nitrogen and oxygen atoms in total. The van der Waals surface area contributed by atoms with Crippen molar-refractivity contribution in [1.82, 2.24) is 5.32 Å². The second kappa shape index (κ2) is 7.79. The van der Waals surface area contributed by atoms with Crippen molar-refractivity contribution in [2.75, 3.05) is 0 Å². The molecule has 7 heteroatoms. The van der Waals surface area contributed by atoms with Gasteiger partial charge in [-0.2, -0.15) is 8.78 Å². The number of carbonyl (C=O) groups excluding carboxylic acids is 1. The van der Waals surface area contributed by atoms with Crippen LogP contribution in [-0.2, 0) is 5.75 Å². The Morgan fingerprint density at radius 1 is 1.38 bits per heavy atom. The number of aliphatic hydroxyl groups is 1. The maximum atomic E-state index is 12.1. The normalized spacial score (nSPS) is 23.0. The fourth-order valence-corrected chi connectivity index (χ4v) is 2.86. The Morgan fingerprint density at radius 3 is 2.90 bits per heavy atom. The number of thioether (sulfide) groups is 1. The van der Waals surface area contributed by atoms with Crippen LogP contribution in [0.5, 0.6) is 0 Å². The lowest BCUT2D eigenvalue weighted by Crippen LogP contribution is -2.42. The number of carbonyl (C=O) groups is 1. The van der Waals surface area contributed by atoms with E-state index in [0.717, 1.165) is 25.7 Å². The maximum absolute atomic E-state index is 12.1. The Balaban J connectivity index is 1.90. The van der Waals surface area contributed by atoms with Crippen LogP contribution in [0.2, 0.25) is 0 Å². The molecule has 0 saturated heterocycles. The largest absolute Gasteiger partial charge is 0.455 e. The summed E-state index contributed by atoms with van der Waals surface area (Å²) in [6.07, 6.45) is 3.86. The first-order chi connectivity index (χ1) is 10.1. The van der Waals surface area contributed by atoms with E-state index in [1.54, 1.807) is 0 Å². The fourth-order valence-electron chi connectivity index (χ4n) is 2.42. The number of nitrogens with one attached hydrogen (secondary N) is 1. The van der Waals surface area contributed by atoms with Crippen LogP contribution in [0.3, 0.4) is 0 Å². The average molecular weight is 319 g/mol. The molecule has 2 unspecified atom stereocenters. The Hall–Kier alpha value is -1.08. The number of hydrogen-bond acceptors (Lipinski definition) is 4. The highest BCUT2D eigenvalue weighted by atomic mass is 32.2. The molecule has 0 aromatic carbocycles. The van der Waals surface area contributed by atoms with Crippen molar-refractivity contribution >= 4 is 17.7 Å². The van der Waals surface area contributed by atoms with Crippen LogP contribution in [-0.4, -0.2) is 28.9 Å². The zero-order valence-electron chi connectivity index (χ0n) is 11.6. The Morgan fingerprint density at radius 2 is 2.14 bits per heavy atom. The van der Waals surface area contributed by atoms with E-state index >= 15 is 0 Å². The Labute approximate surface area is 126 Å². The molecule has 118 valence electrons. The molecule has 1 aromatic heterocycles. The van der Waals surface area contributed by atoms with Crippen molar-refractivity contribution in [2.24, 2.45) is 0 Å². The number of halogens is 2. The molecular weight excluding hydrogens is 300 g/mol. The quantitative estimate of drug-likeness (QED) is 0.818. The summed E-state index contributed by atoms with van der Waals surface area (Å²) < 4.78 is 29.4. The van der Waals surface area contributed by atoms with E-state index in [1.807, 2.05) is 0 Å². The minimum atomic E-state index is -2.46. The lowest BCUT2D eigenvalue weighted by Gasteiger charge is -2.21. The summed E-state index contributed by atoms with van der Waals surface area (Å²) in [6, 6.07) is 2.72. The first-order valence-corrected chi connectivity index (χ1v) is 8.08. The van der Waals surface area contributed by atoms with E-state index in [2.05, 4.69) is 5.32 Å². The van der Waals surface area contributed by atoms with Crippen LogP contribution < -0.4 is 5.32 Å². The minimum Gasteiger partial charge on any atom is -0.455 e. The van der Waals surface area contributed by atoms with Crippen molar-refractivity contribution in [3.8, 4) is 0 Å². The predicted molar refractivity (Wildman–Crippen MR) is 76.4 cm³/mol. The zero-order chi connectivity index (χ0) is 15.2. The maximum Gasteiger partial charge on any atom is 0.287 e. The monoisotopic (exact) mass is 319 g/mol. The summed E-state index contributed by atoms with van der Waals surface area (Å²) >= 11 is 0.449. The van der Waals surface area contributed by atoms with E-state index in [0.29, 0.717) is 23.9 Å². The van der Waals surface area contributed by atoms with Crippen LogP contribution in [0.1, 0.15) is 48.4 Å². The van der Waals surface area contributed by atoms with Crippen LogP contribution >= 0.6 is 11.8 Å². The van der Waals surface area contributed by atoms with Gasteiger partial charge in [0.2, 0.25) is 0 Å². The number of furan rings is 1. The molecule has 0 bridgehead atoms. The van der Waals surface area contributed by atoms with Gasteiger partial charge in [-0.05, 0) is 25.0 Å². The second-order valence-electron chi connectivity index (χ2n) is 5.12. The highest BCUT2D eigenvalue weighted by Gasteiger charge is 2.24. The van der Waals surface area contributed by atoms with Gasteiger partial charge in [0.05, 0.1) is 17.9 Å². The number of amides is 1. The molecule has 2 rings (SSSR count). The molecule has 1 amide bonds. The molecular formula is C14H19F2NO3S. The molecule has 1 aromatic rings. The van der Waals surface area contributed by atoms with E-state index < -0.39 is 17.8 Å². The molecule has 2 N–H and O–H groups in total. The summed E-state index contributed by atoms with van der Waals surface area (Å²) in [5.41, 5.74) is 0. The van der Waals surface area contributed by atoms with Crippen LogP contribution in [0.25, 0.3) is 0 Å².